The first kappa shape index (κ1) is 19.4. The van der Waals surface area contributed by atoms with E-state index in [9.17, 15) is 0 Å². The normalized spacial score (nSPS) is 10.3. The Hall–Kier alpha value is -2.36. The van der Waals surface area contributed by atoms with E-state index in [4.69, 9.17) is 33.7 Å². The second-order valence-electron chi connectivity index (χ2n) is 5.16. The molecule has 0 saturated carbocycles. The number of rotatable bonds is 1. The summed E-state index contributed by atoms with van der Waals surface area (Å²) in [5.41, 5.74) is 3.69. The Morgan fingerprint density at radius 2 is 1.44 bits per heavy atom. The predicted octanol–water partition coefficient (Wildman–Crippen LogP) is 5.19. The van der Waals surface area contributed by atoms with E-state index in [0.717, 1.165) is 10.7 Å². The summed E-state index contributed by atoms with van der Waals surface area (Å²) in [4.78, 5) is 14.3. The lowest BCUT2D eigenvalue weighted by atomic mass is 10.2. The minimum absolute atomic E-state index is 0.409. The monoisotopic (exact) mass is 432 g/mol. The summed E-state index contributed by atoms with van der Waals surface area (Å²) in [6, 6.07) is 11.0. The smallest absolute Gasteiger partial charge is 0.166 e. The molecule has 0 fully saturated rings. The maximum Gasteiger partial charge on any atom is 0.166 e. The number of hydrogen-bond donors (Lipinski definition) is 3. The molecule has 2 aromatic carbocycles. The molecule has 4 aromatic rings. The lowest BCUT2D eigenvalue weighted by Crippen LogP contribution is -1.79. The highest BCUT2D eigenvalue weighted by atomic mass is 35.5. The first-order valence-electron chi connectivity index (χ1n) is 7.38. The van der Waals surface area contributed by atoms with Crippen LogP contribution in [0.2, 0.25) is 10.0 Å². The third-order valence-corrected chi connectivity index (χ3v) is 5.02. The number of aromatic nitrogens is 4. The van der Waals surface area contributed by atoms with Crippen LogP contribution in [0, 0.1) is 22.7 Å². The molecular weight excluding hydrogens is 423 g/mol. The Morgan fingerprint density at radius 1 is 0.926 bits per heavy atom. The van der Waals surface area contributed by atoms with Crippen molar-refractivity contribution >= 4 is 69.7 Å². The first-order valence-corrected chi connectivity index (χ1v) is 9.80. The molecule has 0 unspecified atom stereocenters. The number of thiol groups is 1. The molecule has 2 N–H and O–H groups in total. The predicted molar refractivity (Wildman–Crippen MR) is 111 cm³/mol. The molecule has 0 atom stereocenters. The Labute approximate surface area is 173 Å². The Kier molecular flexibility index (Phi) is 5.83. The fourth-order valence-corrected chi connectivity index (χ4v) is 3.40. The number of nitrogens with one attached hydrogen (secondary N) is 2. The van der Waals surface area contributed by atoms with Gasteiger partial charge in [-0.05, 0) is 30.5 Å². The number of hydrogen-bond acceptors (Lipinski definition) is 6. The standard InChI is InChI=1S/C9H6ClN3S.C8H4ClN3S/c1-14-9-12-7-3-2-6(10)5(4-11)8(7)13-9;9-5-1-2-6-7(4(5)3-10)12-8(13)11-6/h2-3H,1H3,(H,12,13);1-2H,(H2,11,12,13). The molecule has 2 aromatic heterocycles. The van der Waals surface area contributed by atoms with Crippen LogP contribution in [0.4, 0.5) is 0 Å². The summed E-state index contributed by atoms with van der Waals surface area (Å²) in [6.07, 6.45) is 1.92. The number of aromatic amines is 2. The number of halogens is 2. The van der Waals surface area contributed by atoms with Gasteiger partial charge < -0.3 is 9.97 Å². The van der Waals surface area contributed by atoms with Gasteiger partial charge in [-0.25, -0.2) is 9.97 Å². The highest BCUT2D eigenvalue weighted by Gasteiger charge is 2.10. The third-order valence-electron chi connectivity index (χ3n) is 3.60. The minimum Gasteiger partial charge on any atom is -0.332 e. The van der Waals surface area contributed by atoms with Crippen LogP contribution in [-0.2, 0) is 0 Å². The molecule has 4 rings (SSSR count). The van der Waals surface area contributed by atoms with Crippen molar-refractivity contribution < 1.29 is 0 Å². The van der Waals surface area contributed by atoms with Gasteiger partial charge in [0.2, 0.25) is 0 Å². The van der Waals surface area contributed by atoms with Crippen molar-refractivity contribution in [2.45, 2.75) is 10.3 Å². The summed E-state index contributed by atoms with van der Waals surface area (Å²) in [7, 11) is 0. The van der Waals surface area contributed by atoms with Gasteiger partial charge in [-0.1, -0.05) is 35.0 Å². The van der Waals surface area contributed by atoms with Gasteiger partial charge in [0.05, 0.1) is 43.2 Å². The fraction of sp³-hybridized carbons (Fsp3) is 0.0588. The van der Waals surface area contributed by atoms with E-state index in [1.165, 1.54) is 11.8 Å². The van der Waals surface area contributed by atoms with Crippen molar-refractivity contribution in [2.75, 3.05) is 6.26 Å². The molecule has 27 heavy (non-hydrogen) atoms. The van der Waals surface area contributed by atoms with Gasteiger partial charge in [0.15, 0.2) is 10.3 Å². The summed E-state index contributed by atoms with van der Waals surface area (Å²) >= 11 is 17.2. The number of nitrogens with zero attached hydrogens (tertiary/aromatic N) is 4. The number of benzene rings is 2. The summed E-state index contributed by atoms with van der Waals surface area (Å²) in [6.45, 7) is 0. The second-order valence-corrected chi connectivity index (χ2v) is 7.20. The molecule has 6 nitrogen and oxygen atoms in total. The maximum absolute atomic E-state index is 8.91. The van der Waals surface area contributed by atoms with E-state index >= 15 is 0 Å². The number of H-pyrrole nitrogens is 2. The van der Waals surface area contributed by atoms with Crippen LogP contribution < -0.4 is 0 Å². The van der Waals surface area contributed by atoms with E-state index in [1.807, 2.05) is 12.3 Å². The average molecular weight is 433 g/mol. The topological polar surface area (TPSA) is 105 Å². The van der Waals surface area contributed by atoms with E-state index in [1.54, 1.807) is 24.3 Å². The summed E-state index contributed by atoms with van der Waals surface area (Å²) in [5, 5.41) is 19.9. The van der Waals surface area contributed by atoms with Crippen LogP contribution >= 0.6 is 47.6 Å². The van der Waals surface area contributed by atoms with Gasteiger partial charge in [0.25, 0.3) is 0 Å². The molecule has 10 heteroatoms. The summed E-state index contributed by atoms with van der Waals surface area (Å²) in [5.74, 6) is 0. The highest BCUT2D eigenvalue weighted by Crippen LogP contribution is 2.26. The molecule has 0 aliphatic carbocycles. The fourth-order valence-electron chi connectivity index (χ4n) is 2.39. The van der Waals surface area contributed by atoms with Gasteiger partial charge in [0.1, 0.15) is 12.1 Å². The maximum atomic E-state index is 8.91. The van der Waals surface area contributed by atoms with Gasteiger partial charge in [-0.3, -0.25) is 0 Å². The summed E-state index contributed by atoms with van der Waals surface area (Å²) < 4.78 is 0. The SMILES string of the molecule is CSc1nc2ccc(Cl)c(C#N)c2[nH]1.N#Cc1c(Cl)ccc2nc(S)[nH]c12. The zero-order valence-electron chi connectivity index (χ0n) is 13.7. The van der Waals surface area contributed by atoms with E-state index < -0.39 is 0 Å². The van der Waals surface area contributed by atoms with Crippen molar-refractivity contribution in [3.8, 4) is 12.1 Å². The van der Waals surface area contributed by atoms with Crippen molar-refractivity contribution in [2.24, 2.45) is 0 Å². The van der Waals surface area contributed by atoms with Gasteiger partial charge >= 0.3 is 0 Å². The zero-order valence-corrected chi connectivity index (χ0v) is 16.9. The Balaban J connectivity index is 0.000000156. The van der Waals surface area contributed by atoms with Crippen LogP contribution in [0.1, 0.15) is 11.1 Å². The molecule has 0 radical (unpaired) electrons. The van der Waals surface area contributed by atoms with Gasteiger partial charge in [-0.15, -0.1) is 12.6 Å². The van der Waals surface area contributed by atoms with E-state index in [2.05, 4.69) is 38.6 Å². The number of thioether (sulfide) groups is 1. The van der Waals surface area contributed by atoms with E-state index in [0.29, 0.717) is 42.9 Å². The molecular formula is C17H10Cl2N6S2. The molecule has 0 bridgehead atoms. The molecule has 0 spiro atoms. The van der Waals surface area contributed by atoms with Gasteiger partial charge in [-0.2, -0.15) is 10.5 Å². The molecule has 0 amide bonds. The third kappa shape index (κ3) is 3.85. The molecule has 0 aliphatic rings. The first-order chi connectivity index (χ1) is 13.0. The largest absolute Gasteiger partial charge is 0.332 e. The number of imidazole rings is 2. The van der Waals surface area contributed by atoms with E-state index in [-0.39, 0.29) is 0 Å². The van der Waals surface area contributed by atoms with Crippen LogP contribution in [-0.4, -0.2) is 26.2 Å². The van der Waals surface area contributed by atoms with Crippen LogP contribution in [0.5, 0.6) is 0 Å². The molecule has 134 valence electrons. The minimum atomic E-state index is 0.409. The molecule has 0 saturated heterocycles. The highest BCUT2D eigenvalue weighted by molar-refractivity contribution is 7.98. The van der Waals surface area contributed by atoms with Crippen molar-refractivity contribution in [3.63, 3.8) is 0 Å². The van der Waals surface area contributed by atoms with Crippen LogP contribution in [0.3, 0.4) is 0 Å². The van der Waals surface area contributed by atoms with Crippen molar-refractivity contribution in [1.82, 2.24) is 19.9 Å². The lowest BCUT2D eigenvalue weighted by Gasteiger charge is -1.94. The quantitative estimate of drug-likeness (QED) is 0.283. The van der Waals surface area contributed by atoms with Crippen LogP contribution in [0.15, 0.2) is 34.6 Å². The second kappa shape index (κ2) is 8.12. The number of nitriles is 2. The van der Waals surface area contributed by atoms with Crippen molar-refractivity contribution in [1.29, 1.82) is 10.5 Å². The van der Waals surface area contributed by atoms with Gasteiger partial charge in [0, 0.05) is 0 Å². The Bertz CT molecular complexity index is 1230. The molecule has 2 heterocycles. The zero-order chi connectivity index (χ0) is 19.6. The number of fused-ring (bicyclic) bond motifs is 2. The lowest BCUT2D eigenvalue weighted by molar-refractivity contribution is 1.08. The Morgan fingerprint density at radius 3 is 1.96 bits per heavy atom. The van der Waals surface area contributed by atoms with Crippen LogP contribution in [0.25, 0.3) is 22.1 Å². The van der Waals surface area contributed by atoms with Crippen molar-refractivity contribution in [3.05, 3.63) is 45.4 Å². The average Bonchev–Trinajstić information content (AvgIpc) is 3.24. The molecule has 0 aliphatic heterocycles.